The second-order valence-electron chi connectivity index (χ2n) is 4.01. The van der Waals surface area contributed by atoms with Crippen LogP contribution in [0, 0.1) is 0 Å². The third kappa shape index (κ3) is 4.06. The van der Waals surface area contributed by atoms with Gasteiger partial charge in [0.15, 0.2) is 0 Å². The Morgan fingerprint density at radius 2 is 2.00 bits per heavy atom. The Labute approximate surface area is 111 Å². The predicted octanol–water partition coefficient (Wildman–Crippen LogP) is 1.86. The largest absolute Gasteiger partial charge is 0.310 e. The first-order valence-electron chi connectivity index (χ1n) is 5.32. The fourth-order valence-corrected chi connectivity index (χ4v) is 3.03. The molecule has 1 aromatic carbocycles. The Bertz CT molecular complexity index is 486. The van der Waals surface area contributed by atoms with E-state index >= 15 is 0 Å². The van der Waals surface area contributed by atoms with Gasteiger partial charge in [0.1, 0.15) is 0 Å². The Hall–Kier alpha value is -0.430. The highest BCUT2D eigenvalue weighted by atomic mass is 79.9. The van der Waals surface area contributed by atoms with Gasteiger partial charge in [-0.15, -0.1) is 0 Å². The van der Waals surface area contributed by atoms with Crippen molar-refractivity contribution in [1.29, 1.82) is 0 Å². The van der Waals surface area contributed by atoms with Crippen molar-refractivity contribution in [3.8, 4) is 0 Å². The molecule has 0 spiro atoms. The second-order valence-corrected chi connectivity index (χ2v) is 6.72. The minimum Gasteiger partial charge on any atom is -0.310 e. The van der Waals surface area contributed by atoms with Crippen molar-refractivity contribution in [2.75, 3.05) is 7.05 Å². The van der Waals surface area contributed by atoms with Gasteiger partial charge in [0.05, 0.1) is 4.90 Å². The van der Waals surface area contributed by atoms with Crippen LogP contribution >= 0.6 is 15.9 Å². The van der Waals surface area contributed by atoms with Gasteiger partial charge in [0.25, 0.3) is 0 Å². The van der Waals surface area contributed by atoms with E-state index in [-0.39, 0.29) is 4.90 Å². The molecule has 17 heavy (non-hydrogen) atoms. The number of hydrogen-bond donors (Lipinski definition) is 2. The Balaban J connectivity index is 3.03. The molecule has 0 aromatic heterocycles. The molecule has 1 aromatic rings. The molecule has 0 saturated heterocycles. The zero-order chi connectivity index (χ0) is 13.1. The van der Waals surface area contributed by atoms with E-state index in [0.29, 0.717) is 17.1 Å². The van der Waals surface area contributed by atoms with E-state index in [0.717, 1.165) is 5.56 Å². The van der Waals surface area contributed by atoms with Crippen LogP contribution in [0.3, 0.4) is 0 Å². The van der Waals surface area contributed by atoms with Crippen LogP contribution in [-0.2, 0) is 16.6 Å². The summed E-state index contributed by atoms with van der Waals surface area (Å²) in [7, 11) is -2.01. The second kappa shape index (κ2) is 5.95. The van der Waals surface area contributed by atoms with Gasteiger partial charge >= 0.3 is 0 Å². The Kier molecular flexibility index (Phi) is 5.12. The lowest BCUT2D eigenvalue weighted by Crippen LogP contribution is -2.23. The van der Waals surface area contributed by atoms with Crippen molar-refractivity contribution in [1.82, 2.24) is 10.0 Å². The first kappa shape index (κ1) is 14.6. The molecule has 0 amide bonds. The molecule has 0 unspecified atom stereocenters. The molecule has 4 nitrogen and oxygen atoms in total. The molecule has 0 aliphatic heterocycles. The molecule has 0 atom stereocenters. The number of sulfonamides is 1. The molecule has 0 aliphatic rings. The van der Waals surface area contributed by atoms with Crippen LogP contribution in [-0.4, -0.2) is 21.5 Å². The van der Waals surface area contributed by atoms with Crippen LogP contribution < -0.4 is 10.0 Å². The predicted molar refractivity (Wildman–Crippen MR) is 72.4 cm³/mol. The van der Waals surface area contributed by atoms with E-state index in [1.807, 2.05) is 19.9 Å². The highest BCUT2D eigenvalue weighted by Crippen LogP contribution is 2.22. The van der Waals surface area contributed by atoms with Gasteiger partial charge in [-0.3, -0.25) is 0 Å². The fourth-order valence-electron chi connectivity index (χ4n) is 1.30. The maximum absolute atomic E-state index is 11.8. The summed E-state index contributed by atoms with van der Waals surface area (Å²) in [5.41, 5.74) is 0.940. The van der Waals surface area contributed by atoms with Crippen molar-refractivity contribution in [3.05, 3.63) is 28.2 Å². The lowest BCUT2D eigenvalue weighted by molar-refractivity contribution is 0.583. The molecular formula is C11H17BrN2O2S. The molecule has 2 N–H and O–H groups in total. The number of nitrogens with one attached hydrogen (secondary N) is 2. The van der Waals surface area contributed by atoms with Gasteiger partial charge in [0.2, 0.25) is 10.0 Å². The van der Waals surface area contributed by atoms with Crippen molar-refractivity contribution in [2.24, 2.45) is 0 Å². The smallest absolute Gasteiger partial charge is 0.241 e. The van der Waals surface area contributed by atoms with E-state index < -0.39 is 10.0 Å². The number of rotatable bonds is 5. The summed E-state index contributed by atoms with van der Waals surface area (Å²) in [6.45, 7) is 4.74. The first-order chi connectivity index (χ1) is 7.86. The lowest BCUT2D eigenvalue weighted by Gasteiger charge is -2.11. The first-order valence-corrected chi connectivity index (χ1v) is 7.60. The van der Waals surface area contributed by atoms with Crippen LogP contribution in [0.15, 0.2) is 27.6 Å². The number of benzene rings is 1. The van der Waals surface area contributed by atoms with Crippen molar-refractivity contribution in [2.45, 2.75) is 31.3 Å². The van der Waals surface area contributed by atoms with E-state index in [1.54, 1.807) is 12.1 Å². The maximum atomic E-state index is 11.8. The minimum absolute atomic E-state index is 0.267. The summed E-state index contributed by atoms with van der Waals surface area (Å²) in [6, 6.07) is 5.68. The van der Waals surface area contributed by atoms with Crippen molar-refractivity contribution >= 4 is 26.0 Å². The zero-order valence-electron chi connectivity index (χ0n) is 10.1. The average Bonchev–Trinajstić information content (AvgIpc) is 2.27. The summed E-state index contributed by atoms with van der Waals surface area (Å²) in [4.78, 5) is 0.267. The highest BCUT2D eigenvalue weighted by Gasteiger charge is 2.15. The summed E-state index contributed by atoms with van der Waals surface area (Å²) in [5.74, 6) is 0. The van der Waals surface area contributed by atoms with Gasteiger partial charge in [-0.25, -0.2) is 13.1 Å². The standard InChI is InChI=1S/C11H17BrN2O2S/c1-8(2)14-7-9-4-5-10(12)11(6-9)17(15,16)13-3/h4-6,8,13-14H,7H2,1-3H3. The molecule has 0 heterocycles. The fraction of sp³-hybridized carbons (Fsp3) is 0.455. The van der Waals surface area contributed by atoms with Crippen LogP contribution in [0.1, 0.15) is 19.4 Å². The lowest BCUT2D eigenvalue weighted by atomic mass is 10.2. The summed E-state index contributed by atoms with van der Waals surface area (Å²) >= 11 is 3.25. The quantitative estimate of drug-likeness (QED) is 0.870. The third-order valence-electron chi connectivity index (χ3n) is 2.27. The van der Waals surface area contributed by atoms with Gasteiger partial charge < -0.3 is 5.32 Å². The normalized spacial score (nSPS) is 12.1. The summed E-state index contributed by atoms with van der Waals surface area (Å²) < 4.78 is 26.4. The molecule has 0 aliphatic carbocycles. The maximum Gasteiger partial charge on any atom is 0.241 e. The van der Waals surface area contributed by atoms with Gasteiger partial charge in [-0.05, 0) is 40.7 Å². The van der Waals surface area contributed by atoms with Gasteiger partial charge in [-0.2, -0.15) is 0 Å². The summed E-state index contributed by atoms with van der Waals surface area (Å²) in [6.07, 6.45) is 0. The SMILES string of the molecule is CNS(=O)(=O)c1cc(CNC(C)C)ccc1Br. The van der Waals surface area contributed by atoms with Crippen LogP contribution in [0.25, 0.3) is 0 Å². The molecule has 0 saturated carbocycles. The zero-order valence-corrected chi connectivity index (χ0v) is 12.5. The minimum atomic E-state index is -3.41. The van der Waals surface area contributed by atoms with E-state index in [4.69, 9.17) is 0 Å². The molecule has 0 bridgehead atoms. The Morgan fingerprint density at radius 3 is 2.53 bits per heavy atom. The van der Waals surface area contributed by atoms with Gasteiger partial charge in [0, 0.05) is 17.1 Å². The average molecular weight is 321 g/mol. The monoisotopic (exact) mass is 320 g/mol. The Morgan fingerprint density at radius 1 is 1.35 bits per heavy atom. The van der Waals surface area contributed by atoms with Gasteiger partial charge in [-0.1, -0.05) is 19.9 Å². The summed E-state index contributed by atoms with van der Waals surface area (Å²) in [5, 5.41) is 3.25. The van der Waals surface area contributed by atoms with Crippen LogP contribution in [0.4, 0.5) is 0 Å². The molecule has 0 fully saturated rings. The van der Waals surface area contributed by atoms with Crippen molar-refractivity contribution in [3.63, 3.8) is 0 Å². The highest BCUT2D eigenvalue weighted by molar-refractivity contribution is 9.10. The van der Waals surface area contributed by atoms with Crippen molar-refractivity contribution < 1.29 is 8.42 Å². The van der Waals surface area contributed by atoms with E-state index in [2.05, 4.69) is 26.0 Å². The molecule has 96 valence electrons. The van der Waals surface area contributed by atoms with Crippen LogP contribution in [0.2, 0.25) is 0 Å². The molecular weight excluding hydrogens is 304 g/mol. The number of hydrogen-bond acceptors (Lipinski definition) is 3. The van der Waals surface area contributed by atoms with E-state index in [1.165, 1.54) is 7.05 Å². The molecule has 1 rings (SSSR count). The molecule has 6 heteroatoms. The topological polar surface area (TPSA) is 58.2 Å². The molecule has 0 radical (unpaired) electrons. The van der Waals surface area contributed by atoms with Crippen LogP contribution in [0.5, 0.6) is 0 Å². The third-order valence-corrected chi connectivity index (χ3v) is 4.68. The number of halogens is 1. The van der Waals surface area contributed by atoms with E-state index in [9.17, 15) is 8.42 Å².